The second-order valence-corrected chi connectivity index (χ2v) is 15.1. The van der Waals surface area contributed by atoms with Crippen LogP contribution in [0.1, 0.15) is 5.56 Å². The summed E-state index contributed by atoms with van der Waals surface area (Å²) in [6.45, 7) is 2.14. The molecule has 9 aromatic carbocycles. The van der Waals surface area contributed by atoms with E-state index in [0.29, 0.717) is 0 Å². The predicted octanol–water partition coefficient (Wildman–Crippen LogP) is 13.1. The largest absolute Gasteiger partial charge is 0.457 e. The van der Waals surface area contributed by atoms with Crippen LogP contribution in [-0.2, 0) is 0 Å². The van der Waals surface area contributed by atoms with Crippen molar-refractivity contribution in [3.8, 4) is 28.7 Å². The molecule has 0 atom stereocenters. The van der Waals surface area contributed by atoms with E-state index in [1.807, 2.05) is 6.07 Å². The Morgan fingerprint density at radius 3 is 2.02 bits per heavy atom. The SMILES string of the molecule is Cc1ccc2c(c1)[n+](-c1ccccc1)cn2-c1cccc(Oc2ccc3c4ccccc4n(-c4nc5ccc6ccccc6c5c5c4ccc4ccccc45)c3c2)c1. The van der Waals surface area contributed by atoms with Crippen LogP contribution in [0.15, 0.2) is 194 Å². The van der Waals surface area contributed by atoms with Crippen molar-refractivity contribution in [1.29, 1.82) is 0 Å². The van der Waals surface area contributed by atoms with E-state index < -0.39 is 0 Å². The summed E-state index contributed by atoms with van der Waals surface area (Å²) < 4.78 is 13.6. The Labute approximate surface area is 333 Å². The fourth-order valence-electron chi connectivity index (χ4n) is 9.03. The normalized spacial score (nSPS) is 11.9. The summed E-state index contributed by atoms with van der Waals surface area (Å²) in [5.41, 5.74) is 8.71. The van der Waals surface area contributed by atoms with Crippen molar-refractivity contribution in [1.82, 2.24) is 14.1 Å². The summed E-state index contributed by atoms with van der Waals surface area (Å²) in [7, 11) is 0. The fraction of sp³-hybridized carbons (Fsp3) is 0.0189. The number of fused-ring (bicyclic) bond motifs is 11. The van der Waals surface area contributed by atoms with Crippen LogP contribution >= 0.6 is 0 Å². The van der Waals surface area contributed by atoms with Gasteiger partial charge in [-0.05, 0) is 101 Å². The number of imidazole rings is 1. The predicted molar refractivity (Wildman–Crippen MR) is 238 cm³/mol. The maximum atomic E-state index is 6.77. The highest BCUT2D eigenvalue weighted by Crippen LogP contribution is 2.42. The number of benzene rings is 9. The number of hydrogen-bond acceptors (Lipinski definition) is 2. The van der Waals surface area contributed by atoms with Gasteiger partial charge in [-0.15, -0.1) is 0 Å². The van der Waals surface area contributed by atoms with Gasteiger partial charge in [0.25, 0.3) is 6.33 Å². The highest BCUT2D eigenvalue weighted by atomic mass is 16.5. The first-order valence-electron chi connectivity index (χ1n) is 19.7. The standard InChI is InChI=1S/C53H35N4O/c1-34-22-29-48-50(30-34)55(37-14-3-2-4-15-37)33-56(48)38-16-11-17-39(31-38)58-40-25-27-44-43-20-9-10-21-47(43)57(49(44)32-40)53-45-26-23-35-12-5-7-18-41(35)51(45)52-42-19-8-6-13-36(42)24-28-46(52)54-53/h2-33H,1H3/q+1. The molecule has 0 fully saturated rings. The second kappa shape index (κ2) is 12.6. The molecule has 0 bridgehead atoms. The Bertz CT molecular complexity index is 3620. The minimum Gasteiger partial charge on any atom is -0.457 e. The van der Waals surface area contributed by atoms with Crippen molar-refractivity contribution in [2.75, 3.05) is 0 Å². The molecule has 0 radical (unpaired) electrons. The molecule has 0 aliphatic rings. The summed E-state index contributed by atoms with van der Waals surface area (Å²) in [4.78, 5) is 5.53. The third-order valence-corrected chi connectivity index (χ3v) is 11.7. The number of ether oxygens (including phenoxy) is 1. The van der Waals surface area contributed by atoms with Gasteiger partial charge in [-0.25, -0.2) is 4.98 Å². The van der Waals surface area contributed by atoms with Gasteiger partial charge in [0.1, 0.15) is 28.7 Å². The van der Waals surface area contributed by atoms with Crippen LogP contribution in [0.4, 0.5) is 0 Å². The van der Waals surface area contributed by atoms with E-state index in [9.17, 15) is 0 Å². The summed E-state index contributed by atoms with van der Waals surface area (Å²) in [6.07, 6.45) is 2.16. The van der Waals surface area contributed by atoms with Crippen LogP contribution in [0.25, 0.3) is 93.3 Å². The molecular formula is C53H35N4O+. The lowest BCUT2D eigenvalue weighted by Gasteiger charge is -2.16. The molecule has 12 aromatic rings. The molecule has 3 heterocycles. The summed E-state index contributed by atoms with van der Waals surface area (Å²) in [6, 6.07) is 66.7. The van der Waals surface area contributed by atoms with Crippen molar-refractivity contribution in [3.63, 3.8) is 0 Å². The Morgan fingerprint density at radius 1 is 0.483 bits per heavy atom. The van der Waals surface area contributed by atoms with E-state index >= 15 is 0 Å². The van der Waals surface area contributed by atoms with Crippen LogP contribution in [-0.4, -0.2) is 14.1 Å². The van der Waals surface area contributed by atoms with Crippen molar-refractivity contribution in [2.45, 2.75) is 6.92 Å². The number of rotatable bonds is 5. The molecule has 0 N–H and O–H groups in total. The lowest BCUT2D eigenvalue weighted by atomic mass is 9.95. The third-order valence-electron chi connectivity index (χ3n) is 11.7. The van der Waals surface area contributed by atoms with Crippen LogP contribution in [0.5, 0.6) is 11.5 Å². The van der Waals surface area contributed by atoms with E-state index in [-0.39, 0.29) is 0 Å². The Kier molecular flexibility index (Phi) is 7.07. The van der Waals surface area contributed by atoms with Gasteiger partial charge in [0, 0.05) is 39.1 Å². The molecule has 0 saturated heterocycles. The van der Waals surface area contributed by atoms with Gasteiger partial charge in [0.15, 0.2) is 11.0 Å². The zero-order valence-corrected chi connectivity index (χ0v) is 31.7. The molecule has 272 valence electrons. The number of para-hydroxylation sites is 2. The molecule has 0 spiro atoms. The Morgan fingerprint density at radius 2 is 1.17 bits per heavy atom. The van der Waals surface area contributed by atoms with Crippen LogP contribution in [0.3, 0.4) is 0 Å². The van der Waals surface area contributed by atoms with Crippen LogP contribution in [0, 0.1) is 6.92 Å². The minimum atomic E-state index is 0.752. The molecule has 0 saturated carbocycles. The van der Waals surface area contributed by atoms with Crippen LogP contribution < -0.4 is 9.30 Å². The molecule has 12 rings (SSSR count). The highest BCUT2D eigenvalue weighted by molar-refractivity contribution is 6.28. The Hall–Kier alpha value is -7.76. The monoisotopic (exact) mass is 743 g/mol. The molecular weight excluding hydrogens is 709 g/mol. The smallest absolute Gasteiger partial charge is 0.255 e. The topological polar surface area (TPSA) is 35.9 Å². The van der Waals surface area contributed by atoms with E-state index in [4.69, 9.17) is 9.72 Å². The van der Waals surface area contributed by atoms with Gasteiger partial charge in [0.05, 0.1) is 16.6 Å². The first-order valence-corrected chi connectivity index (χ1v) is 19.7. The Balaban J connectivity index is 1.04. The lowest BCUT2D eigenvalue weighted by Crippen LogP contribution is -2.28. The highest BCUT2D eigenvalue weighted by Gasteiger charge is 2.22. The number of aryl methyl sites for hydroxylation is 1. The molecule has 0 aliphatic carbocycles. The third kappa shape index (κ3) is 4.97. The quantitative estimate of drug-likeness (QED) is 0.130. The van der Waals surface area contributed by atoms with Gasteiger partial charge in [0.2, 0.25) is 0 Å². The van der Waals surface area contributed by atoms with Crippen molar-refractivity contribution >= 4 is 76.1 Å². The first kappa shape index (κ1) is 32.5. The number of hydrogen-bond donors (Lipinski definition) is 0. The first-order chi connectivity index (χ1) is 28.7. The van der Waals surface area contributed by atoms with Crippen molar-refractivity contribution in [2.24, 2.45) is 0 Å². The summed E-state index contributed by atoms with van der Waals surface area (Å²) in [5, 5.41) is 10.6. The van der Waals surface area contributed by atoms with Gasteiger partial charge in [-0.2, -0.15) is 9.13 Å². The molecule has 0 aliphatic heterocycles. The average Bonchev–Trinajstić information content (AvgIpc) is 3.81. The lowest BCUT2D eigenvalue weighted by molar-refractivity contribution is -0.567. The number of aromatic nitrogens is 4. The molecule has 58 heavy (non-hydrogen) atoms. The zero-order chi connectivity index (χ0) is 38.3. The van der Waals surface area contributed by atoms with Gasteiger partial charge < -0.3 is 4.74 Å². The molecule has 5 heteroatoms. The molecule has 5 nitrogen and oxygen atoms in total. The fourth-order valence-corrected chi connectivity index (χ4v) is 9.03. The number of pyridine rings is 1. The average molecular weight is 744 g/mol. The van der Waals surface area contributed by atoms with E-state index in [2.05, 4.69) is 209 Å². The minimum absolute atomic E-state index is 0.752. The van der Waals surface area contributed by atoms with E-state index in [0.717, 1.165) is 67.0 Å². The van der Waals surface area contributed by atoms with E-state index in [1.54, 1.807) is 0 Å². The van der Waals surface area contributed by atoms with E-state index in [1.165, 1.54) is 43.3 Å². The van der Waals surface area contributed by atoms with Crippen LogP contribution in [0.2, 0.25) is 0 Å². The van der Waals surface area contributed by atoms with Gasteiger partial charge >= 0.3 is 0 Å². The molecule has 0 amide bonds. The second-order valence-electron chi connectivity index (χ2n) is 15.1. The molecule has 0 unspecified atom stereocenters. The maximum Gasteiger partial charge on any atom is 0.255 e. The zero-order valence-electron chi connectivity index (χ0n) is 31.7. The summed E-state index contributed by atoms with van der Waals surface area (Å²) >= 11 is 0. The molecule has 3 aromatic heterocycles. The number of nitrogens with zero attached hydrogens (tertiary/aromatic N) is 4. The van der Waals surface area contributed by atoms with Gasteiger partial charge in [-0.1, -0.05) is 109 Å². The van der Waals surface area contributed by atoms with Crippen molar-refractivity contribution in [3.05, 3.63) is 200 Å². The van der Waals surface area contributed by atoms with Gasteiger partial charge in [-0.3, -0.25) is 4.57 Å². The van der Waals surface area contributed by atoms with Crippen molar-refractivity contribution < 1.29 is 9.30 Å². The maximum absolute atomic E-state index is 6.77. The summed E-state index contributed by atoms with van der Waals surface area (Å²) in [5.74, 6) is 2.41.